The summed E-state index contributed by atoms with van der Waals surface area (Å²) in [6.07, 6.45) is 4.04. The molecule has 94 valence electrons. The second kappa shape index (κ2) is 5.59. The lowest BCUT2D eigenvalue weighted by atomic mass is 10.1. The van der Waals surface area contributed by atoms with Gasteiger partial charge >= 0.3 is 5.97 Å². The second-order valence-corrected chi connectivity index (χ2v) is 6.14. The molecule has 2 atom stereocenters. The first kappa shape index (κ1) is 14.1. The number of thioether (sulfide) groups is 1. The van der Waals surface area contributed by atoms with Gasteiger partial charge in [0.15, 0.2) is 0 Å². The summed E-state index contributed by atoms with van der Waals surface area (Å²) in [6, 6.07) is 2.16. The first-order valence-corrected chi connectivity index (χ1v) is 6.91. The molecule has 0 spiro atoms. The quantitative estimate of drug-likeness (QED) is 0.583. The van der Waals surface area contributed by atoms with E-state index in [-0.39, 0.29) is 17.3 Å². The third-order valence-electron chi connectivity index (χ3n) is 3.37. The number of rotatable bonds is 6. The summed E-state index contributed by atoms with van der Waals surface area (Å²) in [6.45, 7) is 6.00. The van der Waals surface area contributed by atoms with Crippen molar-refractivity contribution in [3.63, 3.8) is 0 Å². The van der Waals surface area contributed by atoms with Gasteiger partial charge in [0.05, 0.1) is 10.8 Å². The van der Waals surface area contributed by atoms with Crippen molar-refractivity contribution in [2.75, 3.05) is 5.75 Å². The van der Waals surface area contributed by atoms with Gasteiger partial charge in [0.25, 0.3) is 0 Å². The number of nitrogens with zero attached hydrogens (tertiary/aromatic N) is 1. The largest absolute Gasteiger partial charge is 0.481 e. The van der Waals surface area contributed by atoms with Crippen molar-refractivity contribution in [3.8, 4) is 6.07 Å². The van der Waals surface area contributed by atoms with Crippen molar-refractivity contribution in [1.29, 1.82) is 5.26 Å². The maximum atomic E-state index is 11.0. The summed E-state index contributed by atoms with van der Waals surface area (Å²) in [7, 11) is 0. The van der Waals surface area contributed by atoms with Crippen LogP contribution in [0.3, 0.4) is 0 Å². The van der Waals surface area contributed by atoms with E-state index < -0.39 is 5.97 Å². The Labute approximate surface area is 107 Å². The van der Waals surface area contributed by atoms with E-state index in [1.807, 2.05) is 19.9 Å². The third-order valence-corrected chi connectivity index (χ3v) is 4.40. The number of carbonyl (C=O) groups is 1. The molecule has 0 saturated heterocycles. The van der Waals surface area contributed by atoms with Gasteiger partial charge in [-0.05, 0) is 23.5 Å². The average Bonchev–Trinajstić information content (AvgIpc) is 2.79. The van der Waals surface area contributed by atoms with Crippen LogP contribution in [0.25, 0.3) is 0 Å². The Kier molecular flexibility index (Phi) is 4.64. The van der Waals surface area contributed by atoms with E-state index in [1.165, 1.54) is 11.8 Å². The fraction of sp³-hybridized carbons (Fsp3) is 0.692. The number of hydrogen-bond acceptors (Lipinski definition) is 3. The lowest BCUT2D eigenvalue weighted by molar-refractivity contribution is -0.139. The molecule has 1 rings (SSSR count). The smallest absolute Gasteiger partial charge is 0.307 e. The van der Waals surface area contributed by atoms with Crippen LogP contribution in [-0.4, -0.2) is 16.8 Å². The van der Waals surface area contributed by atoms with Crippen LogP contribution in [0.2, 0.25) is 0 Å². The van der Waals surface area contributed by atoms with Crippen LogP contribution in [0, 0.1) is 28.6 Å². The maximum absolute atomic E-state index is 11.0. The van der Waals surface area contributed by atoms with E-state index in [1.54, 1.807) is 0 Å². The van der Waals surface area contributed by atoms with Crippen LogP contribution in [0.4, 0.5) is 0 Å². The topological polar surface area (TPSA) is 61.1 Å². The molecule has 0 amide bonds. The lowest BCUT2D eigenvalue weighted by Gasteiger charge is -1.99. The minimum Gasteiger partial charge on any atom is -0.481 e. The Bertz CT molecular complexity index is 368. The van der Waals surface area contributed by atoms with Crippen molar-refractivity contribution in [2.45, 2.75) is 33.6 Å². The van der Waals surface area contributed by atoms with Crippen molar-refractivity contribution < 1.29 is 9.90 Å². The number of unbranched alkanes of at least 4 members (excludes halogenated alkanes) is 1. The number of nitriles is 1. The number of carboxylic acid groups (broad SMARTS) is 1. The number of aliphatic carboxylic acids is 1. The van der Waals surface area contributed by atoms with Gasteiger partial charge in [-0.2, -0.15) is 5.26 Å². The Morgan fingerprint density at radius 3 is 2.65 bits per heavy atom. The first-order chi connectivity index (χ1) is 7.95. The summed E-state index contributed by atoms with van der Waals surface area (Å²) in [5.74, 6) is -0.158. The summed E-state index contributed by atoms with van der Waals surface area (Å²) in [5, 5.41) is 18.1. The van der Waals surface area contributed by atoms with Gasteiger partial charge in [-0.15, -0.1) is 11.8 Å². The van der Waals surface area contributed by atoms with Crippen molar-refractivity contribution in [3.05, 3.63) is 11.0 Å². The minimum absolute atomic E-state index is 0.00350. The molecule has 0 heterocycles. The van der Waals surface area contributed by atoms with Gasteiger partial charge in [0.2, 0.25) is 0 Å². The van der Waals surface area contributed by atoms with Crippen LogP contribution in [-0.2, 0) is 4.79 Å². The zero-order chi connectivity index (χ0) is 13.1. The second-order valence-electron chi connectivity index (χ2n) is 5.01. The van der Waals surface area contributed by atoms with Crippen molar-refractivity contribution >= 4 is 17.7 Å². The molecule has 1 aliphatic carbocycles. The predicted octanol–water partition coefficient (Wildman–Crippen LogP) is 3.28. The summed E-state index contributed by atoms with van der Waals surface area (Å²) in [5.41, 5.74) is -0.209. The molecule has 1 saturated carbocycles. The molecular weight excluding hydrogens is 234 g/mol. The highest BCUT2D eigenvalue weighted by molar-refractivity contribution is 8.03. The molecule has 17 heavy (non-hydrogen) atoms. The molecule has 0 radical (unpaired) electrons. The molecule has 3 nitrogen and oxygen atoms in total. The predicted molar refractivity (Wildman–Crippen MR) is 69.5 cm³/mol. The zero-order valence-corrected chi connectivity index (χ0v) is 11.4. The van der Waals surface area contributed by atoms with Crippen molar-refractivity contribution in [1.82, 2.24) is 0 Å². The lowest BCUT2D eigenvalue weighted by Crippen LogP contribution is -2.03. The standard InChI is InChI=1S/C13H19NO2S/c1-4-5-6-17-9(8-14)7-10-11(12(15)16)13(10,2)3/h7,10-11H,4-6H2,1-3H3,(H,15,16)/b9-7+/t10-,11+/m1/s1. The van der Waals surface area contributed by atoms with Gasteiger partial charge in [0, 0.05) is 0 Å². The molecule has 0 unspecified atom stereocenters. The normalized spacial score (nSPS) is 26.4. The molecule has 0 aromatic rings. The Morgan fingerprint density at radius 1 is 1.59 bits per heavy atom. The van der Waals surface area contributed by atoms with Crippen LogP contribution >= 0.6 is 11.8 Å². The molecule has 0 bridgehead atoms. The van der Waals surface area contributed by atoms with Gasteiger partial charge in [-0.3, -0.25) is 4.79 Å². The van der Waals surface area contributed by atoms with Crippen LogP contribution < -0.4 is 0 Å². The Balaban J connectivity index is 2.62. The SMILES string of the molecule is CCCCS/C(C#N)=C/[C@@H]1[C@@H](C(=O)O)C1(C)C. The molecule has 1 aliphatic rings. The van der Waals surface area contributed by atoms with Gasteiger partial charge in [0.1, 0.15) is 6.07 Å². The molecule has 0 aromatic carbocycles. The van der Waals surface area contributed by atoms with E-state index in [2.05, 4.69) is 13.0 Å². The fourth-order valence-corrected chi connectivity index (χ4v) is 3.03. The summed E-state index contributed by atoms with van der Waals surface area (Å²) >= 11 is 1.54. The monoisotopic (exact) mass is 253 g/mol. The number of hydrogen-bond donors (Lipinski definition) is 1. The Morgan fingerprint density at radius 2 is 2.24 bits per heavy atom. The molecule has 1 fully saturated rings. The van der Waals surface area contributed by atoms with Crippen LogP contribution in [0.5, 0.6) is 0 Å². The van der Waals surface area contributed by atoms with Crippen molar-refractivity contribution in [2.24, 2.45) is 17.3 Å². The average molecular weight is 253 g/mol. The van der Waals surface area contributed by atoms with E-state index in [9.17, 15) is 4.79 Å². The molecular formula is C13H19NO2S. The van der Waals surface area contributed by atoms with E-state index in [0.29, 0.717) is 4.91 Å². The zero-order valence-electron chi connectivity index (χ0n) is 10.6. The fourth-order valence-electron chi connectivity index (χ4n) is 2.07. The molecule has 4 heteroatoms. The molecule has 0 aliphatic heterocycles. The van der Waals surface area contributed by atoms with Gasteiger partial charge in [-0.25, -0.2) is 0 Å². The number of carboxylic acids is 1. The van der Waals surface area contributed by atoms with E-state index in [0.717, 1.165) is 18.6 Å². The van der Waals surface area contributed by atoms with Crippen LogP contribution in [0.1, 0.15) is 33.6 Å². The summed E-state index contributed by atoms with van der Waals surface area (Å²) in [4.78, 5) is 11.7. The van der Waals surface area contributed by atoms with Crippen LogP contribution in [0.15, 0.2) is 11.0 Å². The first-order valence-electron chi connectivity index (χ1n) is 5.92. The number of allylic oxidation sites excluding steroid dienone is 2. The highest BCUT2D eigenvalue weighted by atomic mass is 32.2. The molecule has 0 aromatic heterocycles. The Hall–Kier alpha value is -0.950. The third kappa shape index (κ3) is 3.26. The molecule has 1 N–H and O–H groups in total. The minimum atomic E-state index is -0.757. The highest BCUT2D eigenvalue weighted by Crippen LogP contribution is 2.59. The summed E-state index contributed by atoms with van der Waals surface area (Å²) < 4.78 is 0. The van der Waals surface area contributed by atoms with Gasteiger partial charge in [-0.1, -0.05) is 33.3 Å². The maximum Gasteiger partial charge on any atom is 0.307 e. The van der Waals surface area contributed by atoms with Gasteiger partial charge < -0.3 is 5.11 Å². The van der Waals surface area contributed by atoms with E-state index in [4.69, 9.17) is 10.4 Å². The van der Waals surface area contributed by atoms with E-state index >= 15 is 0 Å². The highest BCUT2D eigenvalue weighted by Gasteiger charge is 2.61.